The minimum absolute atomic E-state index is 0.102. The number of hydrogen-bond donors (Lipinski definition) is 1. The Morgan fingerprint density at radius 2 is 2.25 bits per heavy atom. The maximum Gasteiger partial charge on any atom is 0.224 e. The molecule has 2 aromatic rings. The van der Waals surface area contributed by atoms with Crippen LogP contribution < -0.4 is 10.1 Å². The molecule has 2 atom stereocenters. The highest BCUT2D eigenvalue weighted by Crippen LogP contribution is 2.16. The van der Waals surface area contributed by atoms with Crippen LogP contribution in [0.1, 0.15) is 11.1 Å². The van der Waals surface area contributed by atoms with E-state index < -0.39 is 0 Å². The van der Waals surface area contributed by atoms with Crippen molar-refractivity contribution in [2.45, 2.75) is 18.6 Å². The molecule has 0 unspecified atom stereocenters. The molecule has 3 rings (SSSR count). The molecule has 7 nitrogen and oxygen atoms in total. The second-order valence-electron chi connectivity index (χ2n) is 5.70. The molecule has 1 fully saturated rings. The van der Waals surface area contributed by atoms with Crippen molar-refractivity contribution in [1.82, 2.24) is 15.1 Å². The predicted octanol–water partition coefficient (Wildman–Crippen LogP) is 0.797. The van der Waals surface area contributed by atoms with Gasteiger partial charge in [0.05, 0.1) is 49.7 Å². The van der Waals surface area contributed by atoms with Crippen molar-refractivity contribution in [2.75, 3.05) is 13.2 Å². The molecular formula is C17H18N4O3. The van der Waals surface area contributed by atoms with E-state index in [-0.39, 0.29) is 24.5 Å². The van der Waals surface area contributed by atoms with E-state index in [4.69, 9.17) is 14.7 Å². The first kappa shape index (κ1) is 16.0. The van der Waals surface area contributed by atoms with Crippen LogP contribution in [-0.2, 0) is 23.0 Å². The van der Waals surface area contributed by atoms with E-state index in [1.54, 1.807) is 41.3 Å². The van der Waals surface area contributed by atoms with Crippen LogP contribution in [0.25, 0.3) is 0 Å². The van der Waals surface area contributed by atoms with Gasteiger partial charge in [-0.2, -0.15) is 10.4 Å². The first-order chi connectivity index (χ1) is 11.6. The predicted molar refractivity (Wildman–Crippen MR) is 85.2 cm³/mol. The fourth-order valence-electron chi connectivity index (χ4n) is 2.56. The summed E-state index contributed by atoms with van der Waals surface area (Å²) in [7, 11) is 1.81. The van der Waals surface area contributed by atoms with Crippen molar-refractivity contribution < 1.29 is 14.3 Å². The normalized spacial score (nSPS) is 19.7. The van der Waals surface area contributed by atoms with Gasteiger partial charge >= 0.3 is 0 Å². The van der Waals surface area contributed by atoms with Crippen LogP contribution in [0.4, 0.5) is 0 Å². The molecule has 1 aromatic heterocycles. The average molecular weight is 326 g/mol. The van der Waals surface area contributed by atoms with E-state index in [2.05, 4.69) is 16.5 Å². The lowest BCUT2D eigenvalue weighted by atomic mass is 10.1. The number of hydrogen-bond acceptors (Lipinski definition) is 5. The van der Waals surface area contributed by atoms with Crippen molar-refractivity contribution in [3.05, 3.63) is 47.8 Å². The zero-order valence-corrected chi connectivity index (χ0v) is 13.3. The highest BCUT2D eigenvalue weighted by molar-refractivity contribution is 5.79. The summed E-state index contributed by atoms with van der Waals surface area (Å²) in [6, 6.07) is 8.84. The Balaban J connectivity index is 1.55. The lowest BCUT2D eigenvalue weighted by molar-refractivity contribution is -0.121. The molecule has 0 radical (unpaired) electrons. The molecule has 1 N–H and O–H groups in total. The number of aromatic nitrogens is 2. The van der Waals surface area contributed by atoms with Crippen LogP contribution in [0.2, 0.25) is 0 Å². The van der Waals surface area contributed by atoms with Crippen LogP contribution in [0.5, 0.6) is 5.75 Å². The minimum atomic E-state index is -0.237. The number of ether oxygens (including phenoxy) is 2. The summed E-state index contributed by atoms with van der Waals surface area (Å²) in [5.74, 6) is 0.550. The lowest BCUT2D eigenvalue weighted by Gasteiger charge is -2.19. The highest BCUT2D eigenvalue weighted by atomic mass is 16.5. The van der Waals surface area contributed by atoms with Gasteiger partial charge in [-0.3, -0.25) is 9.48 Å². The summed E-state index contributed by atoms with van der Waals surface area (Å²) >= 11 is 0. The molecule has 124 valence electrons. The quantitative estimate of drug-likeness (QED) is 0.878. The summed E-state index contributed by atoms with van der Waals surface area (Å²) in [5.41, 5.74) is 1.43. The molecule has 1 aromatic carbocycles. The van der Waals surface area contributed by atoms with Crippen molar-refractivity contribution >= 4 is 5.91 Å². The first-order valence-corrected chi connectivity index (χ1v) is 7.65. The smallest absolute Gasteiger partial charge is 0.224 e. The van der Waals surface area contributed by atoms with Gasteiger partial charge in [0, 0.05) is 7.05 Å². The number of amides is 1. The van der Waals surface area contributed by atoms with Gasteiger partial charge in [-0.1, -0.05) is 12.1 Å². The molecule has 0 aliphatic carbocycles. The fourth-order valence-corrected chi connectivity index (χ4v) is 2.56. The number of nitrogens with zero attached hydrogens (tertiary/aromatic N) is 3. The summed E-state index contributed by atoms with van der Waals surface area (Å²) in [4.78, 5) is 12.2. The Morgan fingerprint density at radius 1 is 1.46 bits per heavy atom. The van der Waals surface area contributed by atoms with Gasteiger partial charge in [0.15, 0.2) is 5.75 Å². The molecule has 1 saturated heterocycles. The summed E-state index contributed by atoms with van der Waals surface area (Å²) in [6.45, 7) is 0.848. The summed E-state index contributed by atoms with van der Waals surface area (Å²) in [6.07, 6.45) is 3.42. The number of carbonyl (C=O) groups is 1. The topological polar surface area (TPSA) is 89.2 Å². The third-order valence-corrected chi connectivity index (χ3v) is 3.79. The summed E-state index contributed by atoms with van der Waals surface area (Å²) in [5, 5.41) is 15.8. The van der Waals surface area contributed by atoms with Gasteiger partial charge in [-0.05, 0) is 17.7 Å². The van der Waals surface area contributed by atoms with E-state index in [1.807, 2.05) is 7.05 Å². The Morgan fingerprint density at radius 3 is 2.92 bits per heavy atom. The zero-order valence-electron chi connectivity index (χ0n) is 13.3. The maximum absolute atomic E-state index is 12.2. The van der Waals surface area contributed by atoms with E-state index in [9.17, 15) is 4.79 Å². The van der Waals surface area contributed by atoms with E-state index in [1.165, 1.54) is 0 Å². The molecule has 1 amide bonds. The van der Waals surface area contributed by atoms with Gasteiger partial charge in [-0.25, -0.2) is 0 Å². The number of benzene rings is 1. The lowest BCUT2D eigenvalue weighted by Crippen LogP contribution is -2.45. The van der Waals surface area contributed by atoms with Gasteiger partial charge in [0.2, 0.25) is 5.91 Å². The molecule has 0 spiro atoms. The molecular weight excluding hydrogens is 308 g/mol. The Kier molecular flexibility index (Phi) is 4.77. The number of nitriles is 1. The first-order valence-electron chi connectivity index (χ1n) is 7.65. The van der Waals surface area contributed by atoms with Gasteiger partial charge in [0.1, 0.15) is 6.10 Å². The van der Waals surface area contributed by atoms with Crippen LogP contribution >= 0.6 is 0 Å². The molecule has 0 saturated carbocycles. The van der Waals surface area contributed by atoms with Crippen LogP contribution in [0.15, 0.2) is 36.7 Å². The van der Waals surface area contributed by atoms with Crippen LogP contribution in [0.3, 0.4) is 0 Å². The largest absolute Gasteiger partial charge is 0.482 e. The highest BCUT2D eigenvalue weighted by Gasteiger charge is 2.31. The third kappa shape index (κ3) is 3.91. The molecule has 24 heavy (non-hydrogen) atoms. The molecule has 1 aliphatic heterocycles. The summed E-state index contributed by atoms with van der Waals surface area (Å²) < 4.78 is 12.9. The molecule has 0 bridgehead atoms. The SMILES string of the molecule is Cn1cc(O[C@@H]2COC[C@@H]2NC(=O)Cc2ccc(C#N)cc2)cn1. The van der Waals surface area contributed by atoms with Crippen molar-refractivity contribution in [2.24, 2.45) is 7.05 Å². The number of carbonyl (C=O) groups excluding carboxylic acids is 1. The number of rotatable bonds is 5. The Labute approximate surface area is 139 Å². The van der Waals surface area contributed by atoms with Gasteiger partial charge < -0.3 is 14.8 Å². The number of aryl methyl sites for hydroxylation is 1. The molecule has 2 heterocycles. The van der Waals surface area contributed by atoms with Crippen LogP contribution in [-0.4, -0.2) is 41.0 Å². The van der Waals surface area contributed by atoms with E-state index in [0.29, 0.717) is 24.5 Å². The van der Waals surface area contributed by atoms with Crippen molar-refractivity contribution in [3.8, 4) is 11.8 Å². The second kappa shape index (κ2) is 7.15. The van der Waals surface area contributed by atoms with E-state index >= 15 is 0 Å². The Hall–Kier alpha value is -2.85. The number of nitrogens with one attached hydrogen (secondary N) is 1. The second-order valence-corrected chi connectivity index (χ2v) is 5.70. The standard InChI is InChI=1S/C17H18N4O3/c1-21-9-14(8-19-21)24-16-11-23-10-15(16)20-17(22)6-12-2-4-13(7-18)5-3-12/h2-5,8-9,15-16H,6,10-11H2,1H3,(H,20,22)/t15-,16+/m0/s1. The Bertz CT molecular complexity index is 748. The monoisotopic (exact) mass is 326 g/mol. The maximum atomic E-state index is 12.2. The molecule has 1 aliphatic rings. The van der Waals surface area contributed by atoms with E-state index in [0.717, 1.165) is 5.56 Å². The third-order valence-electron chi connectivity index (χ3n) is 3.79. The van der Waals surface area contributed by atoms with Gasteiger partial charge in [-0.15, -0.1) is 0 Å². The van der Waals surface area contributed by atoms with Gasteiger partial charge in [0.25, 0.3) is 0 Å². The van der Waals surface area contributed by atoms with Crippen molar-refractivity contribution in [1.29, 1.82) is 5.26 Å². The van der Waals surface area contributed by atoms with Crippen LogP contribution in [0, 0.1) is 11.3 Å². The van der Waals surface area contributed by atoms with Crippen molar-refractivity contribution in [3.63, 3.8) is 0 Å². The minimum Gasteiger partial charge on any atom is -0.482 e. The average Bonchev–Trinajstić information content (AvgIpc) is 3.18. The fraction of sp³-hybridized carbons (Fsp3) is 0.353. The zero-order chi connectivity index (χ0) is 16.9. The molecule has 7 heteroatoms.